The molecule has 0 heterocycles. The van der Waals surface area contributed by atoms with Crippen LogP contribution in [0.25, 0.3) is 0 Å². The highest BCUT2D eigenvalue weighted by Crippen LogP contribution is 2.25. The summed E-state index contributed by atoms with van der Waals surface area (Å²) in [7, 11) is 0. The molecule has 0 spiro atoms. The van der Waals surface area contributed by atoms with Crippen LogP contribution in [0.2, 0.25) is 0 Å². The van der Waals surface area contributed by atoms with Crippen LogP contribution < -0.4 is 5.43 Å². The van der Waals surface area contributed by atoms with Crippen LogP contribution in [0.1, 0.15) is 21.5 Å². The summed E-state index contributed by atoms with van der Waals surface area (Å²) < 4.78 is 0. The number of nitrogens with one attached hydrogen (secondary N) is 1. The van der Waals surface area contributed by atoms with Gasteiger partial charge in [-0.25, -0.2) is 5.43 Å². The molecule has 0 saturated carbocycles. The molecule has 3 aromatic rings. The van der Waals surface area contributed by atoms with Crippen molar-refractivity contribution in [3.8, 4) is 11.5 Å². The summed E-state index contributed by atoms with van der Waals surface area (Å²) in [5.41, 5.74) is 4.50. The van der Waals surface area contributed by atoms with E-state index in [0.717, 1.165) is 5.56 Å². The molecule has 0 aliphatic heterocycles. The van der Waals surface area contributed by atoms with Gasteiger partial charge in [0.1, 0.15) is 17.2 Å². The number of phenols is 2. The molecule has 1 amide bonds. The number of carbonyl (C=O) groups is 1. The fourth-order valence-electron chi connectivity index (χ4n) is 2.36. The maximum atomic E-state index is 12.2. The molecule has 124 valence electrons. The number of amides is 1. The quantitative estimate of drug-likeness (QED) is 0.506. The van der Waals surface area contributed by atoms with Gasteiger partial charge in [0.15, 0.2) is 0 Å². The number of rotatable bonds is 4. The minimum absolute atomic E-state index is 0.0537. The van der Waals surface area contributed by atoms with Crippen molar-refractivity contribution < 1.29 is 15.0 Å². The third-order valence-electron chi connectivity index (χ3n) is 3.59. The molecular formula is C20H16N2O3. The summed E-state index contributed by atoms with van der Waals surface area (Å²) in [6.07, 6.45) is 0. The lowest BCUT2D eigenvalue weighted by molar-refractivity contribution is 0.0955. The number of hydrazone groups is 1. The lowest BCUT2D eigenvalue weighted by Gasteiger charge is -2.10. The van der Waals surface area contributed by atoms with Crippen LogP contribution in [-0.2, 0) is 0 Å². The number of nitrogens with zero attached hydrogens (tertiary/aromatic N) is 1. The Labute approximate surface area is 144 Å². The van der Waals surface area contributed by atoms with E-state index in [1.807, 2.05) is 36.4 Å². The van der Waals surface area contributed by atoms with E-state index in [9.17, 15) is 15.0 Å². The van der Waals surface area contributed by atoms with E-state index in [2.05, 4.69) is 10.5 Å². The van der Waals surface area contributed by atoms with E-state index < -0.39 is 0 Å². The van der Waals surface area contributed by atoms with Gasteiger partial charge in [-0.2, -0.15) is 5.10 Å². The molecule has 0 atom stereocenters. The minimum atomic E-state index is -0.354. The second-order valence-corrected chi connectivity index (χ2v) is 5.33. The van der Waals surface area contributed by atoms with Gasteiger partial charge in [-0.3, -0.25) is 4.79 Å². The number of hydrogen-bond acceptors (Lipinski definition) is 4. The van der Waals surface area contributed by atoms with Crippen LogP contribution >= 0.6 is 0 Å². The standard InChI is InChI=1S/C20H16N2O3/c23-16-11-12-17(18(24)13-16)19(14-7-3-1-4-8-14)21-22-20(25)15-9-5-2-6-10-15/h1-13,23-24H,(H,22,25)/b21-19-. The predicted octanol–water partition coefficient (Wildman–Crippen LogP) is 3.28. The SMILES string of the molecule is O=C(N/N=C(/c1ccccc1)c1ccc(O)cc1O)c1ccccc1. The van der Waals surface area contributed by atoms with Crippen LogP contribution in [0.4, 0.5) is 0 Å². The fraction of sp³-hybridized carbons (Fsp3) is 0. The van der Waals surface area contributed by atoms with Crippen molar-refractivity contribution in [2.75, 3.05) is 0 Å². The highest BCUT2D eigenvalue weighted by molar-refractivity contribution is 6.15. The molecule has 0 unspecified atom stereocenters. The molecule has 0 aromatic heterocycles. The summed E-state index contributed by atoms with van der Waals surface area (Å²) in [6.45, 7) is 0. The summed E-state index contributed by atoms with van der Waals surface area (Å²) in [4.78, 5) is 12.2. The van der Waals surface area contributed by atoms with Crippen molar-refractivity contribution in [1.29, 1.82) is 0 Å². The molecule has 0 radical (unpaired) electrons. The Hall–Kier alpha value is -3.60. The second kappa shape index (κ2) is 7.31. The van der Waals surface area contributed by atoms with E-state index in [1.165, 1.54) is 12.1 Å². The smallest absolute Gasteiger partial charge is 0.271 e. The van der Waals surface area contributed by atoms with Crippen LogP contribution in [0.15, 0.2) is 84.0 Å². The van der Waals surface area contributed by atoms with Gasteiger partial charge in [-0.1, -0.05) is 48.5 Å². The summed E-state index contributed by atoms with van der Waals surface area (Å²) in [6, 6.07) is 22.1. The number of carbonyl (C=O) groups excluding carboxylic acids is 1. The maximum absolute atomic E-state index is 12.2. The zero-order valence-corrected chi connectivity index (χ0v) is 13.3. The van der Waals surface area contributed by atoms with Crippen molar-refractivity contribution >= 4 is 11.6 Å². The molecular weight excluding hydrogens is 316 g/mol. The first-order chi connectivity index (χ1) is 12.1. The number of aromatic hydroxyl groups is 2. The molecule has 0 bridgehead atoms. The third-order valence-corrected chi connectivity index (χ3v) is 3.59. The highest BCUT2D eigenvalue weighted by Gasteiger charge is 2.13. The van der Waals surface area contributed by atoms with Gasteiger partial charge in [0.2, 0.25) is 0 Å². The van der Waals surface area contributed by atoms with Crippen molar-refractivity contribution in [2.45, 2.75) is 0 Å². The first-order valence-electron chi connectivity index (χ1n) is 7.66. The lowest BCUT2D eigenvalue weighted by Crippen LogP contribution is -2.20. The fourth-order valence-corrected chi connectivity index (χ4v) is 2.36. The van der Waals surface area contributed by atoms with E-state index in [4.69, 9.17) is 0 Å². The Bertz CT molecular complexity index is 907. The molecule has 5 heteroatoms. The number of benzene rings is 3. The lowest BCUT2D eigenvalue weighted by atomic mass is 10.0. The summed E-state index contributed by atoms with van der Waals surface area (Å²) >= 11 is 0. The monoisotopic (exact) mass is 332 g/mol. The molecule has 3 N–H and O–H groups in total. The molecule has 0 aliphatic rings. The van der Waals surface area contributed by atoms with Gasteiger partial charge in [0, 0.05) is 22.8 Å². The van der Waals surface area contributed by atoms with Crippen LogP contribution in [0, 0.1) is 0 Å². The number of phenolic OH excluding ortho intramolecular Hbond substituents is 2. The predicted molar refractivity (Wildman–Crippen MR) is 95.8 cm³/mol. The zero-order chi connectivity index (χ0) is 17.6. The first-order valence-corrected chi connectivity index (χ1v) is 7.66. The van der Waals surface area contributed by atoms with E-state index >= 15 is 0 Å². The Morgan fingerprint density at radius 1 is 0.800 bits per heavy atom. The van der Waals surface area contributed by atoms with Gasteiger partial charge in [0.05, 0.1) is 0 Å². The molecule has 0 fully saturated rings. The van der Waals surface area contributed by atoms with Gasteiger partial charge >= 0.3 is 0 Å². The van der Waals surface area contributed by atoms with Crippen LogP contribution in [0.5, 0.6) is 11.5 Å². The molecule has 3 aromatic carbocycles. The third kappa shape index (κ3) is 3.84. The highest BCUT2D eigenvalue weighted by atomic mass is 16.3. The van der Waals surface area contributed by atoms with Crippen molar-refractivity contribution in [1.82, 2.24) is 5.43 Å². The first kappa shape index (κ1) is 16.3. The molecule has 0 aliphatic carbocycles. The molecule has 3 rings (SSSR count). The minimum Gasteiger partial charge on any atom is -0.508 e. The zero-order valence-electron chi connectivity index (χ0n) is 13.3. The Kier molecular flexibility index (Phi) is 4.76. The second-order valence-electron chi connectivity index (χ2n) is 5.33. The summed E-state index contributed by atoms with van der Waals surface area (Å²) in [5.74, 6) is -0.536. The van der Waals surface area contributed by atoms with Gasteiger partial charge in [0.25, 0.3) is 5.91 Å². The van der Waals surface area contributed by atoms with Crippen molar-refractivity contribution in [3.05, 3.63) is 95.6 Å². The van der Waals surface area contributed by atoms with Gasteiger partial charge < -0.3 is 10.2 Å². The topological polar surface area (TPSA) is 81.9 Å². The maximum Gasteiger partial charge on any atom is 0.271 e. The van der Waals surface area contributed by atoms with Crippen molar-refractivity contribution in [2.24, 2.45) is 5.10 Å². The summed E-state index contributed by atoms with van der Waals surface area (Å²) in [5, 5.41) is 23.8. The molecule has 5 nitrogen and oxygen atoms in total. The Balaban J connectivity index is 1.98. The van der Waals surface area contributed by atoms with E-state index in [1.54, 1.807) is 30.3 Å². The van der Waals surface area contributed by atoms with Crippen molar-refractivity contribution in [3.63, 3.8) is 0 Å². The molecule has 25 heavy (non-hydrogen) atoms. The number of hydrogen-bond donors (Lipinski definition) is 3. The molecule has 0 saturated heterocycles. The Morgan fingerprint density at radius 2 is 1.40 bits per heavy atom. The van der Waals surface area contributed by atoms with Crippen LogP contribution in [-0.4, -0.2) is 21.8 Å². The largest absolute Gasteiger partial charge is 0.508 e. The normalized spacial score (nSPS) is 11.1. The van der Waals surface area contributed by atoms with Gasteiger partial charge in [-0.05, 0) is 24.3 Å². The average molecular weight is 332 g/mol. The average Bonchev–Trinajstić information content (AvgIpc) is 2.64. The van der Waals surface area contributed by atoms with E-state index in [-0.39, 0.29) is 17.4 Å². The van der Waals surface area contributed by atoms with E-state index in [0.29, 0.717) is 16.8 Å². The Morgan fingerprint density at radius 3 is 2.00 bits per heavy atom. The van der Waals surface area contributed by atoms with Gasteiger partial charge in [-0.15, -0.1) is 0 Å². The van der Waals surface area contributed by atoms with Crippen LogP contribution in [0.3, 0.4) is 0 Å².